The van der Waals surface area contributed by atoms with Gasteiger partial charge in [-0.25, -0.2) is 9.37 Å². The van der Waals surface area contributed by atoms with Gasteiger partial charge in [-0.1, -0.05) is 0 Å². The SMILES string of the molecule is C[C@H]1CN(c2ccc(C(=O)Nc3cc(F)c4nn(C)cc4c3)c3nc(OC[C@H]4CCC(=O)N4C)ncc23)C[C@H](C)N1. The summed E-state index contributed by atoms with van der Waals surface area (Å²) in [6, 6.07) is 7.23. The van der Waals surface area contributed by atoms with Crippen molar-refractivity contribution >= 4 is 45.0 Å². The number of nitrogens with zero attached hydrogens (tertiary/aromatic N) is 6. The Morgan fingerprint density at radius 1 is 1.17 bits per heavy atom. The van der Waals surface area contributed by atoms with E-state index >= 15 is 0 Å². The molecule has 0 spiro atoms. The van der Waals surface area contributed by atoms with E-state index < -0.39 is 11.7 Å². The summed E-state index contributed by atoms with van der Waals surface area (Å²) in [4.78, 5) is 38.6. The molecule has 6 rings (SSSR count). The van der Waals surface area contributed by atoms with Gasteiger partial charge in [-0.3, -0.25) is 14.3 Å². The minimum atomic E-state index is -0.520. The molecule has 4 heterocycles. The smallest absolute Gasteiger partial charge is 0.317 e. The second-order valence-corrected chi connectivity index (χ2v) is 11.1. The lowest BCUT2D eigenvalue weighted by Gasteiger charge is -2.38. The maximum atomic E-state index is 14.7. The van der Waals surface area contributed by atoms with Crippen molar-refractivity contribution in [3.05, 3.63) is 48.0 Å². The molecule has 0 saturated carbocycles. The number of amides is 2. The number of nitrogens with one attached hydrogen (secondary N) is 2. The average molecular weight is 561 g/mol. The summed E-state index contributed by atoms with van der Waals surface area (Å²) >= 11 is 0. The molecule has 41 heavy (non-hydrogen) atoms. The lowest BCUT2D eigenvalue weighted by Crippen LogP contribution is -2.54. The molecule has 2 aromatic heterocycles. The molecule has 4 aromatic rings. The number of ether oxygens (including phenoxy) is 1. The van der Waals surface area contributed by atoms with Crippen molar-refractivity contribution in [2.24, 2.45) is 7.05 Å². The predicted octanol–water partition coefficient (Wildman–Crippen LogP) is 3.09. The second-order valence-electron chi connectivity index (χ2n) is 11.1. The number of hydrogen-bond acceptors (Lipinski definition) is 8. The lowest BCUT2D eigenvalue weighted by atomic mass is 10.0. The Kier molecular flexibility index (Phi) is 6.94. The minimum Gasteiger partial charge on any atom is -0.461 e. The Morgan fingerprint density at radius 2 is 1.95 bits per heavy atom. The van der Waals surface area contributed by atoms with Crippen LogP contribution in [0.2, 0.25) is 0 Å². The van der Waals surface area contributed by atoms with E-state index in [0.717, 1.165) is 18.8 Å². The van der Waals surface area contributed by atoms with Gasteiger partial charge >= 0.3 is 6.01 Å². The van der Waals surface area contributed by atoms with E-state index in [0.29, 0.717) is 40.4 Å². The standard InChI is InChI=1S/C29H33FN8O3/c1-16-12-38(13-17(2)32-16)24-7-6-21(28(40)33-19-9-18-14-36(3)35-26(18)23(30)10-19)27-22(24)11-31-29(34-27)41-15-20-5-8-25(39)37(20)4/h6-7,9-11,14,16-17,20,32H,5,8,12-13,15H2,1-4H3,(H,33,40)/t16-,17-,20+/m0/s1. The number of rotatable bonds is 6. The van der Waals surface area contributed by atoms with Crippen LogP contribution in [0.15, 0.2) is 36.7 Å². The van der Waals surface area contributed by atoms with Gasteiger partial charge in [-0.05, 0) is 44.5 Å². The highest BCUT2D eigenvalue weighted by molar-refractivity contribution is 6.14. The van der Waals surface area contributed by atoms with Crippen molar-refractivity contribution in [3.63, 3.8) is 0 Å². The highest BCUT2D eigenvalue weighted by Crippen LogP contribution is 2.32. The maximum absolute atomic E-state index is 14.7. The summed E-state index contributed by atoms with van der Waals surface area (Å²) in [5.74, 6) is -0.868. The van der Waals surface area contributed by atoms with Crippen molar-refractivity contribution in [2.75, 3.05) is 37.0 Å². The Labute approximate surface area is 236 Å². The fourth-order valence-corrected chi connectivity index (χ4v) is 5.85. The number of piperazine rings is 1. The molecule has 0 unspecified atom stereocenters. The normalized spacial score (nSPS) is 21.2. The van der Waals surface area contributed by atoms with Gasteiger partial charge in [0.25, 0.3) is 5.91 Å². The Hall–Kier alpha value is -4.32. The van der Waals surface area contributed by atoms with Crippen LogP contribution >= 0.6 is 0 Å². The van der Waals surface area contributed by atoms with Crippen LogP contribution in [0, 0.1) is 5.82 Å². The van der Waals surface area contributed by atoms with E-state index in [1.807, 2.05) is 6.07 Å². The maximum Gasteiger partial charge on any atom is 0.317 e. The number of carbonyl (C=O) groups is 2. The third kappa shape index (κ3) is 5.26. The number of hydrogen-bond donors (Lipinski definition) is 2. The first-order valence-corrected chi connectivity index (χ1v) is 13.8. The zero-order chi connectivity index (χ0) is 28.8. The molecule has 214 valence electrons. The summed E-state index contributed by atoms with van der Waals surface area (Å²) in [7, 11) is 3.48. The molecule has 2 saturated heterocycles. The summed E-state index contributed by atoms with van der Waals surface area (Å²) in [5.41, 5.74) is 2.22. The van der Waals surface area contributed by atoms with Crippen LogP contribution in [-0.4, -0.2) is 81.3 Å². The Morgan fingerprint density at radius 3 is 2.68 bits per heavy atom. The van der Waals surface area contributed by atoms with Gasteiger partial charge in [0, 0.05) is 80.2 Å². The molecular weight excluding hydrogens is 527 g/mol. The number of halogens is 1. The third-order valence-electron chi connectivity index (χ3n) is 7.82. The molecule has 0 radical (unpaired) electrons. The first-order valence-electron chi connectivity index (χ1n) is 13.8. The van der Waals surface area contributed by atoms with Crippen LogP contribution in [-0.2, 0) is 11.8 Å². The molecule has 2 aliphatic rings. The number of aromatic nitrogens is 4. The fourth-order valence-electron chi connectivity index (χ4n) is 5.85. The molecule has 2 fully saturated rings. The fraction of sp³-hybridized carbons (Fsp3) is 0.414. The van der Waals surface area contributed by atoms with E-state index in [4.69, 9.17) is 4.74 Å². The number of benzene rings is 2. The number of likely N-dealkylation sites (tertiary alicyclic amines) is 1. The largest absolute Gasteiger partial charge is 0.461 e. The number of carbonyl (C=O) groups excluding carboxylic acids is 2. The first-order chi connectivity index (χ1) is 19.7. The molecule has 11 nitrogen and oxygen atoms in total. The zero-order valence-electron chi connectivity index (χ0n) is 23.5. The molecule has 2 aliphatic heterocycles. The highest BCUT2D eigenvalue weighted by Gasteiger charge is 2.29. The van der Waals surface area contributed by atoms with Gasteiger partial charge in [-0.15, -0.1) is 0 Å². The van der Waals surface area contributed by atoms with Crippen LogP contribution in [0.4, 0.5) is 15.8 Å². The monoisotopic (exact) mass is 560 g/mol. The zero-order valence-corrected chi connectivity index (χ0v) is 23.5. The van der Waals surface area contributed by atoms with E-state index in [1.165, 1.54) is 10.7 Å². The minimum absolute atomic E-state index is 0.0583. The second kappa shape index (κ2) is 10.6. The van der Waals surface area contributed by atoms with E-state index in [1.54, 1.807) is 43.5 Å². The van der Waals surface area contributed by atoms with Crippen molar-refractivity contribution in [2.45, 2.75) is 44.8 Å². The van der Waals surface area contributed by atoms with Gasteiger partial charge in [0.2, 0.25) is 5.91 Å². The van der Waals surface area contributed by atoms with Crippen LogP contribution in [0.5, 0.6) is 6.01 Å². The van der Waals surface area contributed by atoms with Gasteiger partial charge in [0.1, 0.15) is 12.1 Å². The van der Waals surface area contributed by atoms with Gasteiger partial charge < -0.3 is 25.2 Å². The van der Waals surface area contributed by atoms with E-state index in [9.17, 15) is 14.0 Å². The number of fused-ring (bicyclic) bond motifs is 2. The quantitative estimate of drug-likeness (QED) is 0.370. The molecule has 2 aromatic carbocycles. The lowest BCUT2D eigenvalue weighted by molar-refractivity contribution is -0.127. The van der Waals surface area contributed by atoms with Crippen LogP contribution in [0.3, 0.4) is 0 Å². The molecule has 2 N–H and O–H groups in total. The molecule has 0 aliphatic carbocycles. The molecule has 3 atom stereocenters. The van der Waals surface area contributed by atoms with Crippen LogP contribution in [0.1, 0.15) is 37.0 Å². The summed E-state index contributed by atoms with van der Waals surface area (Å²) < 4.78 is 22.2. The molecule has 0 bridgehead atoms. The van der Waals surface area contributed by atoms with Crippen molar-refractivity contribution in [3.8, 4) is 6.01 Å². The third-order valence-corrected chi connectivity index (χ3v) is 7.82. The average Bonchev–Trinajstić information content (AvgIpc) is 3.46. The van der Waals surface area contributed by atoms with E-state index in [-0.39, 0.29) is 42.2 Å². The summed E-state index contributed by atoms with van der Waals surface area (Å²) in [6.45, 7) is 6.10. The first kappa shape index (κ1) is 26.9. The van der Waals surface area contributed by atoms with Crippen LogP contribution < -0.4 is 20.3 Å². The summed E-state index contributed by atoms with van der Waals surface area (Å²) in [5, 5.41) is 11.8. The number of aryl methyl sites for hydroxylation is 1. The molecule has 12 heteroatoms. The molecular formula is C29H33FN8O3. The Balaban J connectivity index is 1.35. The summed E-state index contributed by atoms with van der Waals surface area (Å²) in [6.07, 6.45) is 4.58. The predicted molar refractivity (Wildman–Crippen MR) is 154 cm³/mol. The van der Waals surface area contributed by atoms with Gasteiger partial charge in [-0.2, -0.15) is 10.1 Å². The Bertz CT molecular complexity index is 1650. The number of likely N-dealkylation sites (N-methyl/N-ethyl adjacent to an activating group) is 1. The van der Waals surface area contributed by atoms with Crippen molar-refractivity contribution < 1.29 is 18.7 Å². The van der Waals surface area contributed by atoms with Gasteiger partial charge in [0.15, 0.2) is 5.82 Å². The topological polar surface area (TPSA) is 118 Å². The van der Waals surface area contributed by atoms with Crippen molar-refractivity contribution in [1.29, 1.82) is 0 Å². The molecule has 2 amide bonds. The van der Waals surface area contributed by atoms with Crippen molar-refractivity contribution in [1.82, 2.24) is 30.0 Å². The van der Waals surface area contributed by atoms with Crippen LogP contribution in [0.25, 0.3) is 21.8 Å². The number of anilines is 2. The highest BCUT2D eigenvalue weighted by atomic mass is 19.1. The van der Waals surface area contributed by atoms with Gasteiger partial charge in [0.05, 0.1) is 17.1 Å². The van der Waals surface area contributed by atoms with E-state index in [2.05, 4.69) is 44.4 Å².